The van der Waals surface area contributed by atoms with Gasteiger partial charge in [-0.15, -0.1) is 0 Å². The molecule has 0 fully saturated rings. The zero-order valence-electron chi connectivity index (χ0n) is 12.3. The van der Waals surface area contributed by atoms with Crippen molar-refractivity contribution in [1.82, 2.24) is 5.32 Å². The molecule has 0 aliphatic rings. The Bertz CT molecular complexity index is 638. The molecule has 4 nitrogen and oxygen atoms in total. The van der Waals surface area contributed by atoms with Gasteiger partial charge in [-0.2, -0.15) is 0 Å². The maximum absolute atomic E-state index is 11.1. The third-order valence-corrected chi connectivity index (χ3v) is 3.30. The number of amides is 1. The minimum Gasteiger partial charge on any atom is -0.489 e. The third kappa shape index (κ3) is 4.07. The lowest BCUT2D eigenvalue weighted by Crippen LogP contribution is -2.11. The molecule has 0 saturated carbocycles. The first-order valence-corrected chi connectivity index (χ1v) is 6.86. The number of rotatable bonds is 6. The molecule has 0 aromatic heterocycles. The Hall–Kier alpha value is -2.33. The van der Waals surface area contributed by atoms with Crippen LogP contribution >= 0.6 is 0 Å². The second-order valence-corrected chi connectivity index (χ2v) is 4.97. The van der Waals surface area contributed by atoms with Gasteiger partial charge in [0.15, 0.2) is 0 Å². The van der Waals surface area contributed by atoms with Crippen molar-refractivity contribution in [2.24, 2.45) is 5.73 Å². The molecule has 4 heteroatoms. The summed E-state index contributed by atoms with van der Waals surface area (Å²) in [5, 5.41) is 3.11. The van der Waals surface area contributed by atoms with Crippen LogP contribution in [0.5, 0.6) is 5.75 Å². The van der Waals surface area contributed by atoms with E-state index in [9.17, 15) is 4.79 Å². The van der Waals surface area contributed by atoms with Crippen molar-refractivity contribution in [1.29, 1.82) is 0 Å². The fraction of sp³-hybridized carbons (Fsp3) is 0.235. The van der Waals surface area contributed by atoms with Gasteiger partial charge in [0.1, 0.15) is 12.4 Å². The van der Waals surface area contributed by atoms with Gasteiger partial charge in [-0.1, -0.05) is 18.2 Å². The molecule has 0 unspecified atom stereocenters. The standard InChI is InChI=1S/C17H20N2O2/c1-12-8-14(17(18)20)6-7-15(12)11-21-16-5-3-4-13(9-16)10-19-2/h3-9,19H,10-11H2,1-2H3,(H2,18,20). The number of nitrogens with two attached hydrogens (primary N) is 1. The van der Waals surface area contributed by atoms with Crippen molar-refractivity contribution in [3.05, 3.63) is 64.7 Å². The summed E-state index contributed by atoms with van der Waals surface area (Å²) in [4.78, 5) is 11.1. The van der Waals surface area contributed by atoms with E-state index in [0.29, 0.717) is 12.2 Å². The molecule has 110 valence electrons. The predicted molar refractivity (Wildman–Crippen MR) is 83.2 cm³/mol. The molecule has 2 aromatic carbocycles. The van der Waals surface area contributed by atoms with Crippen LogP contribution in [0.1, 0.15) is 27.0 Å². The number of hydrogen-bond donors (Lipinski definition) is 2. The maximum Gasteiger partial charge on any atom is 0.248 e. The van der Waals surface area contributed by atoms with Gasteiger partial charge in [-0.05, 0) is 54.9 Å². The van der Waals surface area contributed by atoms with Crippen molar-refractivity contribution in [2.75, 3.05) is 7.05 Å². The Morgan fingerprint density at radius 1 is 1.24 bits per heavy atom. The van der Waals surface area contributed by atoms with Crippen LogP contribution < -0.4 is 15.8 Å². The fourth-order valence-electron chi connectivity index (χ4n) is 2.12. The summed E-state index contributed by atoms with van der Waals surface area (Å²) >= 11 is 0. The summed E-state index contributed by atoms with van der Waals surface area (Å²) in [6.07, 6.45) is 0. The summed E-state index contributed by atoms with van der Waals surface area (Å²) in [6, 6.07) is 13.4. The van der Waals surface area contributed by atoms with Crippen LogP contribution in [-0.4, -0.2) is 13.0 Å². The number of carbonyl (C=O) groups is 1. The van der Waals surface area contributed by atoms with E-state index in [4.69, 9.17) is 10.5 Å². The number of carbonyl (C=O) groups excluding carboxylic acids is 1. The van der Waals surface area contributed by atoms with E-state index >= 15 is 0 Å². The first-order valence-electron chi connectivity index (χ1n) is 6.86. The van der Waals surface area contributed by atoms with E-state index in [0.717, 1.165) is 23.4 Å². The maximum atomic E-state index is 11.1. The Kier molecular flexibility index (Phi) is 4.95. The van der Waals surface area contributed by atoms with Gasteiger partial charge in [0.2, 0.25) is 5.91 Å². The lowest BCUT2D eigenvalue weighted by Gasteiger charge is -2.10. The number of ether oxygens (including phenoxy) is 1. The lowest BCUT2D eigenvalue weighted by atomic mass is 10.1. The average Bonchev–Trinajstić information content (AvgIpc) is 2.46. The van der Waals surface area contributed by atoms with Crippen LogP contribution in [0.3, 0.4) is 0 Å². The summed E-state index contributed by atoms with van der Waals surface area (Å²) in [5.74, 6) is 0.423. The first-order chi connectivity index (χ1) is 10.1. The molecule has 21 heavy (non-hydrogen) atoms. The van der Waals surface area contributed by atoms with Crippen molar-refractivity contribution in [3.8, 4) is 5.75 Å². The highest BCUT2D eigenvalue weighted by molar-refractivity contribution is 5.93. The second kappa shape index (κ2) is 6.90. The van der Waals surface area contributed by atoms with E-state index in [1.807, 2.05) is 38.2 Å². The zero-order valence-corrected chi connectivity index (χ0v) is 12.3. The number of primary amides is 1. The highest BCUT2D eigenvalue weighted by atomic mass is 16.5. The van der Waals surface area contributed by atoms with Crippen LogP contribution in [0.4, 0.5) is 0 Å². The minimum absolute atomic E-state index is 0.412. The average molecular weight is 284 g/mol. The summed E-state index contributed by atoms with van der Waals surface area (Å²) < 4.78 is 5.82. The van der Waals surface area contributed by atoms with Gasteiger partial charge >= 0.3 is 0 Å². The summed E-state index contributed by atoms with van der Waals surface area (Å²) in [6.45, 7) is 3.22. The topological polar surface area (TPSA) is 64.3 Å². The Balaban J connectivity index is 2.06. The third-order valence-electron chi connectivity index (χ3n) is 3.30. The monoisotopic (exact) mass is 284 g/mol. The van der Waals surface area contributed by atoms with Crippen molar-refractivity contribution < 1.29 is 9.53 Å². The van der Waals surface area contributed by atoms with E-state index in [1.165, 1.54) is 5.56 Å². The number of aryl methyl sites for hydroxylation is 1. The van der Waals surface area contributed by atoms with Crippen molar-refractivity contribution >= 4 is 5.91 Å². The van der Waals surface area contributed by atoms with E-state index in [-0.39, 0.29) is 0 Å². The predicted octanol–water partition coefficient (Wildman–Crippen LogP) is 2.39. The molecule has 0 aliphatic carbocycles. The van der Waals surface area contributed by atoms with Gasteiger partial charge in [0, 0.05) is 12.1 Å². The minimum atomic E-state index is -0.412. The van der Waals surface area contributed by atoms with Crippen LogP contribution in [-0.2, 0) is 13.2 Å². The Labute approximate surface area is 124 Å². The molecule has 0 heterocycles. The van der Waals surface area contributed by atoms with E-state index in [1.54, 1.807) is 12.1 Å². The summed E-state index contributed by atoms with van der Waals surface area (Å²) in [5.41, 5.74) is 9.00. The molecular formula is C17H20N2O2. The van der Waals surface area contributed by atoms with Gasteiger partial charge in [-0.25, -0.2) is 0 Å². The van der Waals surface area contributed by atoms with Crippen LogP contribution in [0.15, 0.2) is 42.5 Å². The molecule has 0 radical (unpaired) electrons. The van der Waals surface area contributed by atoms with E-state index in [2.05, 4.69) is 11.4 Å². The lowest BCUT2D eigenvalue weighted by molar-refractivity contribution is 0.1000. The smallest absolute Gasteiger partial charge is 0.248 e. The molecule has 0 saturated heterocycles. The molecule has 0 spiro atoms. The van der Waals surface area contributed by atoms with Crippen LogP contribution in [0, 0.1) is 6.92 Å². The summed E-state index contributed by atoms with van der Waals surface area (Å²) in [7, 11) is 1.91. The van der Waals surface area contributed by atoms with Crippen molar-refractivity contribution in [2.45, 2.75) is 20.1 Å². The fourth-order valence-corrected chi connectivity index (χ4v) is 2.12. The molecular weight excluding hydrogens is 264 g/mol. The highest BCUT2D eigenvalue weighted by Gasteiger charge is 2.05. The Morgan fingerprint density at radius 2 is 2.05 bits per heavy atom. The van der Waals surface area contributed by atoms with Gasteiger partial charge in [0.05, 0.1) is 0 Å². The molecule has 0 aliphatic heterocycles. The molecule has 3 N–H and O–H groups in total. The first kappa shape index (κ1) is 15.1. The molecule has 1 amide bonds. The normalized spacial score (nSPS) is 10.4. The highest BCUT2D eigenvalue weighted by Crippen LogP contribution is 2.17. The van der Waals surface area contributed by atoms with Crippen molar-refractivity contribution in [3.63, 3.8) is 0 Å². The quantitative estimate of drug-likeness (QED) is 0.856. The Morgan fingerprint density at radius 3 is 2.71 bits per heavy atom. The zero-order chi connectivity index (χ0) is 15.2. The van der Waals surface area contributed by atoms with Gasteiger partial charge < -0.3 is 15.8 Å². The van der Waals surface area contributed by atoms with Gasteiger partial charge in [0.25, 0.3) is 0 Å². The van der Waals surface area contributed by atoms with Gasteiger partial charge in [-0.3, -0.25) is 4.79 Å². The van der Waals surface area contributed by atoms with Crippen LogP contribution in [0.2, 0.25) is 0 Å². The number of benzene rings is 2. The number of hydrogen-bond acceptors (Lipinski definition) is 3. The molecule has 2 rings (SSSR count). The molecule has 2 aromatic rings. The second-order valence-electron chi connectivity index (χ2n) is 4.97. The SMILES string of the molecule is CNCc1cccc(OCc2ccc(C(N)=O)cc2C)c1. The molecule has 0 bridgehead atoms. The number of nitrogens with one attached hydrogen (secondary N) is 1. The molecule has 0 atom stereocenters. The van der Waals surface area contributed by atoms with E-state index < -0.39 is 5.91 Å². The largest absolute Gasteiger partial charge is 0.489 e. The van der Waals surface area contributed by atoms with Crippen LogP contribution in [0.25, 0.3) is 0 Å².